The minimum atomic E-state index is -0.0396. The number of hydrogen-bond donors (Lipinski definition) is 0. The molecule has 0 N–H and O–H groups in total. The first kappa shape index (κ1) is 23.4. The molecule has 1 heterocycles. The Morgan fingerprint density at radius 2 is 1.56 bits per heavy atom. The van der Waals surface area contributed by atoms with Crippen molar-refractivity contribution in [3.63, 3.8) is 0 Å². The average molecular weight is 475 g/mol. The first-order valence-corrected chi connectivity index (χ1v) is 11.9. The van der Waals surface area contributed by atoms with Gasteiger partial charge in [-0.1, -0.05) is 54.2 Å². The molecule has 0 saturated carbocycles. The average Bonchev–Trinajstić information content (AvgIpc) is 3.29. The van der Waals surface area contributed by atoms with Crippen LogP contribution >= 0.6 is 11.8 Å². The topological polar surface area (TPSA) is 69.5 Å². The molecule has 0 unspecified atom stereocenters. The molecule has 3 aromatic carbocycles. The van der Waals surface area contributed by atoms with Crippen LogP contribution in [0.1, 0.15) is 12.7 Å². The summed E-state index contributed by atoms with van der Waals surface area (Å²) in [6.07, 6.45) is 0. The van der Waals surface area contributed by atoms with Crippen molar-refractivity contribution in [2.24, 2.45) is 0 Å². The number of hydrogen-bond acceptors (Lipinski definition) is 6. The van der Waals surface area contributed by atoms with Gasteiger partial charge in [0.1, 0.15) is 18.1 Å². The zero-order valence-corrected chi connectivity index (χ0v) is 19.9. The van der Waals surface area contributed by atoms with Crippen LogP contribution in [-0.4, -0.2) is 33.5 Å². The van der Waals surface area contributed by atoms with E-state index in [1.165, 1.54) is 11.8 Å². The van der Waals surface area contributed by atoms with Gasteiger partial charge in [-0.15, -0.1) is 10.2 Å². The molecule has 0 aliphatic carbocycles. The molecule has 0 fully saturated rings. The summed E-state index contributed by atoms with van der Waals surface area (Å²) < 4.78 is 13.1. The fourth-order valence-corrected chi connectivity index (χ4v) is 4.34. The third kappa shape index (κ3) is 5.58. The highest BCUT2D eigenvalue weighted by atomic mass is 32.2. The number of anilines is 2. The number of nitrogens with zero attached hydrogens (tertiary/aromatic N) is 4. The van der Waals surface area contributed by atoms with Gasteiger partial charge in [-0.3, -0.25) is 9.69 Å². The van der Waals surface area contributed by atoms with Gasteiger partial charge < -0.3 is 14.0 Å². The fraction of sp³-hybridized carbons (Fsp3) is 0.192. The molecule has 0 aliphatic heterocycles. The minimum Gasteiger partial charge on any atom is -0.497 e. The van der Waals surface area contributed by atoms with Crippen LogP contribution < -0.4 is 14.4 Å². The lowest BCUT2D eigenvalue weighted by Crippen LogP contribution is -2.27. The fourth-order valence-electron chi connectivity index (χ4n) is 3.47. The molecule has 8 heteroatoms. The van der Waals surface area contributed by atoms with Crippen molar-refractivity contribution in [1.82, 2.24) is 14.8 Å². The first-order chi connectivity index (χ1) is 16.7. The molecule has 0 saturated heterocycles. The second kappa shape index (κ2) is 11.4. The summed E-state index contributed by atoms with van der Waals surface area (Å²) in [7, 11) is 1.62. The van der Waals surface area contributed by atoms with Gasteiger partial charge in [0.2, 0.25) is 5.91 Å². The number of aromatic nitrogens is 3. The maximum Gasteiger partial charge on any atom is 0.242 e. The number of carbonyl (C=O) groups is 1. The smallest absolute Gasteiger partial charge is 0.242 e. The molecule has 174 valence electrons. The highest BCUT2D eigenvalue weighted by molar-refractivity contribution is 7.99. The third-order valence-corrected chi connectivity index (χ3v) is 6.07. The van der Waals surface area contributed by atoms with E-state index in [2.05, 4.69) is 10.2 Å². The number of benzene rings is 3. The predicted octanol–water partition coefficient (Wildman–Crippen LogP) is 5.34. The molecule has 0 radical (unpaired) electrons. The summed E-state index contributed by atoms with van der Waals surface area (Å²) in [5.74, 6) is 2.30. The van der Waals surface area contributed by atoms with Gasteiger partial charge in [-0.25, -0.2) is 0 Å². The van der Waals surface area contributed by atoms with Gasteiger partial charge in [0.15, 0.2) is 11.0 Å². The Bertz CT molecular complexity index is 1180. The van der Waals surface area contributed by atoms with Crippen LogP contribution in [0.5, 0.6) is 11.5 Å². The standard InChI is InChI=1S/C26H26N4O3S/c1-3-29-24(18-33-23-16-10-15-22(17-23)32-2)27-28-26(29)34-19-25(31)30(20-11-6-4-7-12-20)21-13-8-5-9-14-21/h4-17H,3,18-19H2,1-2H3. The quantitative estimate of drug-likeness (QED) is 0.289. The van der Waals surface area contributed by atoms with E-state index in [4.69, 9.17) is 9.47 Å². The van der Waals surface area contributed by atoms with Crippen molar-refractivity contribution in [2.75, 3.05) is 17.8 Å². The molecule has 7 nitrogen and oxygen atoms in total. The van der Waals surface area contributed by atoms with Gasteiger partial charge in [0.05, 0.1) is 12.9 Å². The van der Waals surface area contributed by atoms with Gasteiger partial charge >= 0.3 is 0 Å². The Hall–Kier alpha value is -3.78. The predicted molar refractivity (Wildman–Crippen MR) is 134 cm³/mol. The van der Waals surface area contributed by atoms with E-state index in [9.17, 15) is 4.79 Å². The monoisotopic (exact) mass is 474 g/mol. The van der Waals surface area contributed by atoms with Crippen LogP contribution in [0.2, 0.25) is 0 Å². The van der Waals surface area contributed by atoms with Crippen molar-refractivity contribution in [3.05, 3.63) is 90.8 Å². The summed E-state index contributed by atoms with van der Waals surface area (Å²) in [6.45, 7) is 2.95. The third-order valence-electron chi connectivity index (χ3n) is 5.12. The summed E-state index contributed by atoms with van der Waals surface area (Å²) in [6, 6.07) is 26.7. The number of thioether (sulfide) groups is 1. The second-order valence-electron chi connectivity index (χ2n) is 7.30. The van der Waals surface area contributed by atoms with E-state index in [1.54, 1.807) is 12.0 Å². The zero-order chi connectivity index (χ0) is 23.8. The lowest BCUT2D eigenvalue weighted by molar-refractivity contribution is -0.115. The van der Waals surface area contributed by atoms with Crippen molar-refractivity contribution >= 4 is 29.0 Å². The molecule has 0 bridgehead atoms. The van der Waals surface area contributed by atoms with Crippen molar-refractivity contribution in [3.8, 4) is 11.5 Å². The van der Waals surface area contributed by atoms with Crippen LogP contribution in [-0.2, 0) is 17.9 Å². The molecule has 0 aliphatic rings. The van der Waals surface area contributed by atoms with Crippen molar-refractivity contribution in [2.45, 2.75) is 25.2 Å². The van der Waals surface area contributed by atoms with Crippen molar-refractivity contribution in [1.29, 1.82) is 0 Å². The number of para-hydroxylation sites is 2. The Balaban J connectivity index is 1.46. The van der Waals surface area contributed by atoms with E-state index in [0.29, 0.717) is 23.3 Å². The minimum absolute atomic E-state index is 0.0396. The number of ether oxygens (including phenoxy) is 2. The SMILES string of the molecule is CCn1c(COc2cccc(OC)c2)nnc1SCC(=O)N(c1ccccc1)c1ccccc1. The summed E-state index contributed by atoms with van der Waals surface area (Å²) in [4.78, 5) is 15.0. The summed E-state index contributed by atoms with van der Waals surface area (Å²) >= 11 is 1.37. The van der Waals surface area contributed by atoms with Gasteiger partial charge in [-0.2, -0.15) is 0 Å². The van der Waals surface area contributed by atoms with Gasteiger partial charge in [-0.05, 0) is 43.3 Å². The van der Waals surface area contributed by atoms with Crippen LogP contribution in [0, 0.1) is 0 Å². The maximum atomic E-state index is 13.3. The van der Waals surface area contributed by atoms with Crippen LogP contribution in [0.25, 0.3) is 0 Å². The number of methoxy groups -OCH3 is 1. The van der Waals surface area contributed by atoms with Crippen molar-refractivity contribution < 1.29 is 14.3 Å². The van der Waals surface area contributed by atoms with Gasteiger partial charge in [0.25, 0.3) is 0 Å². The molecule has 1 aromatic heterocycles. The second-order valence-corrected chi connectivity index (χ2v) is 8.24. The molecule has 34 heavy (non-hydrogen) atoms. The van der Waals surface area contributed by atoms with E-state index in [-0.39, 0.29) is 18.3 Å². The Morgan fingerprint density at radius 3 is 2.18 bits per heavy atom. The normalized spacial score (nSPS) is 10.6. The highest BCUT2D eigenvalue weighted by Crippen LogP contribution is 2.27. The maximum absolute atomic E-state index is 13.3. The summed E-state index contributed by atoms with van der Waals surface area (Å²) in [5, 5.41) is 9.29. The van der Waals surface area contributed by atoms with Gasteiger partial charge in [0, 0.05) is 24.0 Å². The highest BCUT2D eigenvalue weighted by Gasteiger charge is 2.20. The largest absolute Gasteiger partial charge is 0.497 e. The molecule has 0 spiro atoms. The molecule has 4 rings (SSSR count). The molecule has 0 atom stereocenters. The Kier molecular flexibility index (Phi) is 7.83. The van der Waals surface area contributed by atoms with Crippen LogP contribution in [0.15, 0.2) is 90.1 Å². The van der Waals surface area contributed by atoms with E-state index >= 15 is 0 Å². The Morgan fingerprint density at radius 1 is 0.912 bits per heavy atom. The molecular formula is C26H26N4O3S. The molecule has 1 amide bonds. The zero-order valence-electron chi connectivity index (χ0n) is 19.1. The number of carbonyl (C=O) groups excluding carboxylic acids is 1. The first-order valence-electron chi connectivity index (χ1n) is 10.9. The molecular weight excluding hydrogens is 448 g/mol. The van der Waals surface area contributed by atoms with Crippen LogP contribution in [0.3, 0.4) is 0 Å². The van der Waals surface area contributed by atoms with E-state index in [0.717, 1.165) is 17.1 Å². The lowest BCUT2D eigenvalue weighted by Gasteiger charge is -2.23. The lowest BCUT2D eigenvalue weighted by atomic mass is 10.2. The number of rotatable bonds is 10. The summed E-state index contributed by atoms with van der Waals surface area (Å²) in [5.41, 5.74) is 1.65. The van der Waals surface area contributed by atoms with Crippen LogP contribution in [0.4, 0.5) is 11.4 Å². The Labute approximate surface area is 203 Å². The van der Waals surface area contributed by atoms with E-state index < -0.39 is 0 Å². The van der Waals surface area contributed by atoms with E-state index in [1.807, 2.05) is 96.4 Å². The number of amides is 1. The molecule has 4 aromatic rings.